The number of rotatable bonds is 7. The molecule has 5 heteroatoms. The number of urea groups is 1. The summed E-state index contributed by atoms with van der Waals surface area (Å²) in [5, 5.41) is 12.3. The second-order valence-electron chi connectivity index (χ2n) is 7.96. The van der Waals surface area contributed by atoms with E-state index in [2.05, 4.69) is 17.1 Å². The van der Waals surface area contributed by atoms with Gasteiger partial charge in [0.1, 0.15) is 0 Å². The normalized spacial score (nSPS) is 28.5. The number of aliphatic hydroxyl groups excluding tert-OH is 1. The fourth-order valence-corrected chi connectivity index (χ4v) is 4.15. The number of hydrogen-bond acceptors (Lipinski definition) is 3. The molecule has 2 aliphatic rings. The number of amides is 2. The average Bonchev–Trinajstić information content (AvgIpc) is 2.61. The fourth-order valence-electron chi connectivity index (χ4n) is 4.15. The predicted molar refractivity (Wildman–Crippen MR) is 98.1 cm³/mol. The summed E-state index contributed by atoms with van der Waals surface area (Å²) < 4.78 is 0. The number of nitrogens with zero attached hydrogens (tertiary/aromatic N) is 2. The van der Waals surface area contributed by atoms with Gasteiger partial charge in [0.15, 0.2) is 0 Å². The van der Waals surface area contributed by atoms with Gasteiger partial charge in [-0.15, -0.1) is 0 Å². The van der Waals surface area contributed by atoms with E-state index < -0.39 is 0 Å². The van der Waals surface area contributed by atoms with Gasteiger partial charge in [-0.05, 0) is 76.3 Å². The number of hydrogen-bond donors (Lipinski definition) is 2. The summed E-state index contributed by atoms with van der Waals surface area (Å²) >= 11 is 0. The molecule has 2 fully saturated rings. The van der Waals surface area contributed by atoms with Crippen LogP contribution in [0.2, 0.25) is 0 Å². The molecule has 1 heterocycles. The van der Waals surface area contributed by atoms with Crippen molar-refractivity contribution in [2.75, 3.05) is 39.8 Å². The molecule has 5 nitrogen and oxygen atoms in total. The number of carbonyl (C=O) groups is 1. The molecule has 1 aliphatic heterocycles. The monoisotopic (exact) mass is 339 g/mol. The van der Waals surface area contributed by atoms with Crippen LogP contribution in [0.3, 0.4) is 0 Å². The number of carbonyl (C=O) groups excluding carboxylic acids is 1. The first kappa shape index (κ1) is 19.5. The summed E-state index contributed by atoms with van der Waals surface area (Å²) in [7, 11) is 1.91. The molecule has 0 aromatic carbocycles. The smallest absolute Gasteiger partial charge is 0.317 e. The molecule has 24 heavy (non-hydrogen) atoms. The molecule has 0 bridgehead atoms. The first-order valence-electron chi connectivity index (χ1n) is 9.94. The van der Waals surface area contributed by atoms with Gasteiger partial charge in [0.2, 0.25) is 0 Å². The average molecular weight is 340 g/mol. The molecule has 0 radical (unpaired) electrons. The van der Waals surface area contributed by atoms with E-state index in [0.717, 1.165) is 44.6 Å². The largest absolute Gasteiger partial charge is 0.396 e. The maximum absolute atomic E-state index is 12.3. The van der Waals surface area contributed by atoms with Crippen LogP contribution < -0.4 is 5.32 Å². The van der Waals surface area contributed by atoms with E-state index in [0.29, 0.717) is 18.6 Å². The molecular formula is C19H37N3O2. The number of likely N-dealkylation sites (tertiary alicyclic amines) is 1. The lowest BCUT2D eigenvalue weighted by Crippen LogP contribution is -2.45. The quantitative estimate of drug-likeness (QED) is 0.701. The van der Waals surface area contributed by atoms with Crippen LogP contribution in [0.15, 0.2) is 0 Å². The third kappa shape index (κ3) is 6.25. The highest BCUT2D eigenvalue weighted by atomic mass is 16.3. The summed E-state index contributed by atoms with van der Waals surface area (Å²) in [5.41, 5.74) is 0. The second-order valence-corrected chi connectivity index (χ2v) is 7.96. The molecule has 0 aromatic rings. The SMILES string of the molecule is CC1CCCN(CCCCNC(=O)N(C)C2CCC(CO)CC2)C1. The Morgan fingerprint density at radius 1 is 1.21 bits per heavy atom. The van der Waals surface area contributed by atoms with E-state index in [4.69, 9.17) is 0 Å². The number of piperidine rings is 1. The topological polar surface area (TPSA) is 55.8 Å². The van der Waals surface area contributed by atoms with Crippen LogP contribution in [0.25, 0.3) is 0 Å². The molecule has 1 aliphatic carbocycles. The van der Waals surface area contributed by atoms with Gasteiger partial charge in [0.05, 0.1) is 0 Å². The number of aliphatic hydroxyl groups is 1. The van der Waals surface area contributed by atoms with Crippen LogP contribution in [0.4, 0.5) is 4.79 Å². The van der Waals surface area contributed by atoms with Gasteiger partial charge in [-0.25, -0.2) is 4.79 Å². The van der Waals surface area contributed by atoms with Crippen molar-refractivity contribution in [1.29, 1.82) is 0 Å². The lowest BCUT2D eigenvalue weighted by Gasteiger charge is -2.34. The Kier molecular flexibility index (Phi) is 8.33. The zero-order valence-electron chi connectivity index (χ0n) is 15.7. The summed E-state index contributed by atoms with van der Waals surface area (Å²) in [6, 6.07) is 0.400. The molecule has 1 saturated carbocycles. The maximum atomic E-state index is 12.3. The van der Waals surface area contributed by atoms with Gasteiger partial charge in [-0.2, -0.15) is 0 Å². The van der Waals surface area contributed by atoms with Crippen LogP contribution in [0.1, 0.15) is 58.3 Å². The highest BCUT2D eigenvalue weighted by molar-refractivity contribution is 5.74. The molecule has 1 atom stereocenters. The molecule has 140 valence electrons. The van der Waals surface area contributed by atoms with Crippen molar-refractivity contribution in [2.45, 2.75) is 64.3 Å². The summed E-state index contributed by atoms with van der Waals surface area (Å²) in [6.45, 7) is 7.07. The van der Waals surface area contributed by atoms with E-state index in [1.54, 1.807) is 0 Å². The first-order chi connectivity index (χ1) is 11.6. The van der Waals surface area contributed by atoms with Gasteiger partial charge in [0, 0.05) is 32.8 Å². The molecule has 2 N–H and O–H groups in total. The Balaban J connectivity index is 1.54. The van der Waals surface area contributed by atoms with Crippen molar-refractivity contribution in [3.8, 4) is 0 Å². The van der Waals surface area contributed by atoms with Gasteiger partial charge < -0.3 is 20.2 Å². The van der Waals surface area contributed by atoms with Crippen LogP contribution in [0, 0.1) is 11.8 Å². The zero-order valence-corrected chi connectivity index (χ0v) is 15.7. The van der Waals surface area contributed by atoms with Crippen molar-refractivity contribution in [1.82, 2.24) is 15.1 Å². The van der Waals surface area contributed by atoms with Crippen LogP contribution >= 0.6 is 0 Å². The Morgan fingerprint density at radius 3 is 2.62 bits per heavy atom. The Labute approximate surface area is 147 Å². The summed E-state index contributed by atoms with van der Waals surface area (Å²) in [4.78, 5) is 16.7. The molecule has 1 unspecified atom stereocenters. The van der Waals surface area contributed by atoms with Crippen molar-refractivity contribution in [3.63, 3.8) is 0 Å². The Morgan fingerprint density at radius 2 is 1.96 bits per heavy atom. The van der Waals surface area contributed by atoms with Crippen molar-refractivity contribution in [3.05, 3.63) is 0 Å². The second kappa shape index (κ2) is 10.2. The highest BCUT2D eigenvalue weighted by Crippen LogP contribution is 2.26. The van der Waals surface area contributed by atoms with E-state index in [1.165, 1.54) is 38.9 Å². The standard InChI is InChI=1S/C19H37N3O2/c1-16-6-5-13-22(14-16)12-4-3-11-20-19(24)21(2)18-9-7-17(15-23)8-10-18/h16-18,23H,3-15H2,1-2H3,(H,20,24). The molecule has 0 aromatic heterocycles. The van der Waals surface area contributed by atoms with Crippen molar-refractivity contribution in [2.24, 2.45) is 11.8 Å². The summed E-state index contributed by atoms with van der Waals surface area (Å²) in [5.74, 6) is 1.28. The third-order valence-corrected chi connectivity index (χ3v) is 5.86. The molecule has 0 spiro atoms. The van der Waals surface area contributed by atoms with Gasteiger partial charge >= 0.3 is 6.03 Å². The maximum Gasteiger partial charge on any atom is 0.317 e. The van der Waals surface area contributed by atoms with Gasteiger partial charge in [-0.3, -0.25) is 0 Å². The first-order valence-corrected chi connectivity index (χ1v) is 9.94. The highest BCUT2D eigenvalue weighted by Gasteiger charge is 2.26. The van der Waals surface area contributed by atoms with E-state index in [1.807, 2.05) is 11.9 Å². The molecule has 2 amide bonds. The zero-order chi connectivity index (χ0) is 17.4. The van der Waals surface area contributed by atoms with Crippen LogP contribution in [0.5, 0.6) is 0 Å². The lowest BCUT2D eigenvalue weighted by atomic mass is 9.86. The number of unbranched alkanes of at least 4 members (excludes halogenated alkanes) is 1. The summed E-state index contributed by atoms with van der Waals surface area (Å²) in [6.07, 6.45) is 9.03. The molecule has 2 rings (SSSR count). The molecule has 1 saturated heterocycles. The minimum atomic E-state index is 0.0639. The van der Waals surface area contributed by atoms with Crippen LogP contribution in [-0.2, 0) is 0 Å². The Hall–Kier alpha value is -0.810. The predicted octanol–water partition coefficient (Wildman–Crippen LogP) is 2.69. The molecular weight excluding hydrogens is 302 g/mol. The third-order valence-electron chi connectivity index (χ3n) is 5.86. The Bertz CT molecular complexity index is 370. The van der Waals surface area contributed by atoms with Crippen molar-refractivity contribution < 1.29 is 9.90 Å². The number of nitrogens with one attached hydrogen (secondary N) is 1. The van der Waals surface area contributed by atoms with E-state index >= 15 is 0 Å². The minimum Gasteiger partial charge on any atom is -0.396 e. The van der Waals surface area contributed by atoms with Gasteiger partial charge in [-0.1, -0.05) is 6.92 Å². The van der Waals surface area contributed by atoms with E-state index in [-0.39, 0.29) is 6.03 Å². The lowest BCUT2D eigenvalue weighted by molar-refractivity contribution is 0.134. The van der Waals surface area contributed by atoms with Crippen molar-refractivity contribution >= 4 is 6.03 Å². The van der Waals surface area contributed by atoms with Gasteiger partial charge in [0.25, 0.3) is 0 Å². The van der Waals surface area contributed by atoms with E-state index in [9.17, 15) is 9.90 Å². The minimum absolute atomic E-state index is 0.0639. The van der Waals surface area contributed by atoms with Crippen LogP contribution in [-0.4, -0.2) is 66.8 Å². The fraction of sp³-hybridized carbons (Fsp3) is 0.947.